The molecule has 0 atom stereocenters. The van der Waals surface area contributed by atoms with Crippen LogP contribution in [0.15, 0.2) is 67.0 Å². The van der Waals surface area contributed by atoms with Crippen molar-refractivity contribution >= 4 is 10.8 Å². The molecule has 0 amide bonds. The van der Waals surface area contributed by atoms with Gasteiger partial charge in [0.05, 0.1) is 19.8 Å². The van der Waals surface area contributed by atoms with Crippen molar-refractivity contribution in [1.82, 2.24) is 0 Å². The first-order valence-corrected chi connectivity index (χ1v) is 10.7. The molecule has 1 aromatic heterocycles. The lowest BCUT2D eigenvalue weighted by molar-refractivity contribution is -0.697. The van der Waals surface area contributed by atoms with Gasteiger partial charge < -0.3 is 9.47 Å². The Bertz CT molecular complexity index is 898. The monoisotopic (exact) mass is 392 g/mol. The van der Waals surface area contributed by atoms with Gasteiger partial charge in [0.2, 0.25) is 0 Å². The average molecular weight is 393 g/mol. The molecule has 0 fully saturated rings. The number of fused-ring (bicyclic) bond motifs is 1. The fraction of sp³-hybridized carbons (Fsp3) is 0.423. The molecular weight excluding hydrogens is 358 g/mol. The molecule has 0 saturated heterocycles. The first-order chi connectivity index (χ1) is 14.0. The molecule has 154 valence electrons. The van der Waals surface area contributed by atoms with Crippen LogP contribution in [-0.2, 0) is 16.0 Å². The fourth-order valence-electron chi connectivity index (χ4n) is 3.25. The summed E-state index contributed by atoms with van der Waals surface area (Å²) in [4.78, 5) is 0. The van der Waals surface area contributed by atoms with E-state index in [1.807, 2.05) is 0 Å². The van der Waals surface area contributed by atoms with E-state index in [0.29, 0.717) is 18.6 Å². The molecule has 0 bridgehead atoms. The molecule has 0 aliphatic rings. The van der Waals surface area contributed by atoms with E-state index in [9.17, 15) is 0 Å². The smallest absolute Gasteiger partial charge is 0.176 e. The minimum atomic E-state index is 0.333. The zero-order valence-corrected chi connectivity index (χ0v) is 18.1. The quantitative estimate of drug-likeness (QED) is 0.328. The number of rotatable bonds is 10. The van der Waals surface area contributed by atoms with Gasteiger partial charge in [0.25, 0.3) is 0 Å². The van der Waals surface area contributed by atoms with Gasteiger partial charge in [0.15, 0.2) is 18.9 Å². The van der Waals surface area contributed by atoms with Crippen molar-refractivity contribution in [2.45, 2.75) is 40.2 Å². The summed E-state index contributed by atoms with van der Waals surface area (Å²) < 4.78 is 13.6. The maximum Gasteiger partial charge on any atom is 0.176 e. The van der Waals surface area contributed by atoms with Gasteiger partial charge >= 0.3 is 0 Å². The summed E-state index contributed by atoms with van der Waals surface area (Å²) >= 11 is 0. The van der Waals surface area contributed by atoms with Crippen LogP contribution in [0.4, 0.5) is 0 Å². The normalized spacial score (nSPS) is 11.8. The highest BCUT2D eigenvalue weighted by Crippen LogP contribution is 2.23. The van der Waals surface area contributed by atoms with E-state index >= 15 is 0 Å². The van der Waals surface area contributed by atoms with Crippen molar-refractivity contribution in [3.8, 4) is 11.1 Å². The molecule has 3 nitrogen and oxygen atoms in total. The lowest BCUT2D eigenvalue weighted by atomic mass is 9.93. The van der Waals surface area contributed by atoms with Gasteiger partial charge in [-0.25, -0.2) is 4.57 Å². The Morgan fingerprint density at radius 1 is 0.759 bits per heavy atom. The van der Waals surface area contributed by atoms with Crippen LogP contribution in [0.2, 0.25) is 0 Å². The van der Waals surface area contributed by atoms with Crippen LogP contribution in [0.5, 0.6) is 0 Å². The first kappa shape index (κ1) is 21.5. The lowest BCUT2D eigenvalue weighted by Gasteiger charge is -2.17. The minimum absolute atomic E-state index is 0.333. The van der Waals surface area contributed by atoms with Gasteiger partial charge in [-0.3, -0.25) is 0 Å². The van der Waals surface area contributed by atoms with Gasteiger partial charge in [0.1, 0.15) is 0 Å². The SMILES string of the molecule is CC(C)(C)CCOCCOCCC[n+]1cccc(-c2ccc3ccccc3c2)c1. The van der Waals surface area contributed by atoms with Gasteiger partial charge in [0, 0.05) is 24.7 Å². The Balaban J connectivity index is 1.41. The Kier molecular flexibility index (Phi) is 7.79. The molecule has 3 aromatic rings. The summed E-state index contributed by atoms with van der Waals surface area (Å²) in [5.41, 5.74) is 2.83. The van der Waals surface area contributed by atoms with E-state index in [0.717, 1.165) is 32.6 Å². The van der Waals surface area contributed by atoms with Crippen molar-refractivity contribution in [2.24, 2.45) is 5.41 Å². The average Bonchev–Trinajstić information content (AvgIpc) is 2.71. The predicted molar refractivity (Wildman–Crippen MR) is 120 cm³/mol. The number of benzene rings is 2. The van der Waals surface area contributed by atoms with Crippen LogP contribution in [0.3, 0.4) is 0 Å². The molecule has 0 unspecified atom stereocenters. The number of nitrogens with zero attached hydrogens (tertiary/aromatic N) is 1. The highest BCUT2D eigenvalue weighted by molar-refractivity contribution is 5.87. The van der Waals surface area contributed by atoms with Gasteiger partial charge in [-0.05, 0) is 40.3 Å². The highest BCUT2D eigenvalue weighted by Gasteiger charge is 2.09. The third-order valence-corrected chi connectivity index (χ3v) is 5.01. The van der Waals surface area contributed by atoms with Crippen molar-refractivity contribution in [3.63, 3.8) is 0 Å². The lowest BCUT2D eigenvalue weighted by Crippen LogP contribution is -2.33. The van der Waals surface area contributed by atoms with E-state index in [1.165, 1.54) is 21.9 Å². The molecule has 0 aliphatic heterocycles. The van der Waals surface area contributed by atoms with Crippen molar-refractivity contribution in [1.29, 1.82) is 0 Å². The second-order valence-electron chi connectivity index (χ2n) is 8.78. The number of ether oxygens (including phenoxy) is 2. The fourth-order valence-corrected chi connectivity index (χ4v) is 3.25. The number of hydrogen-bond donors (Lipinski definition) is 0. The summed E-state index contributed by atoms with van der Waals surface area (Å²) in [6.45, 7) is 10.6. The molecule has 3 heteroatoms. The van der Waals surface area contributed by atoms with Crippen LogP contribution in [0, 0.1) is 5.41 Å². The molecule has 0 saturated carbocycles. The Morgan fingerprint density at radius 3 is 2.31 bits per heavy atom. The van der Waals surface area contributed by atoms with Gasteiger partial charge in [-0.15, -0.1) is 0 Å². The van der Waals surface area contributed by atoms with E-state index in [2.05, 4.69) is 92.3 Å². The Morgan fingerprint density at radius 2 is 1.52 bits per heavy atom. The van der Waals surface area contributed by atoms with Crippen LogP contribution in [-0.4, -0.2) is 26.4 Å². The van der Waals surface area contributed by atoms with Gasteiger partial charge in [-0.2, -0.15) is 0 Å². The molecular formula is C26H34NO2+. The van der Waals surface area contributed by atoms with E-state index < -0.39 is 0 Å². The number of aryl methyl sites for hydroxylation is 1. The number of aromatic nitrogens is 1. The summed E-state index contributed by atoms with van der Waals surface area (Å²) in [7, 11) is 0. The summed E-state index contributed by atoms with van der Waals surface area (Å²) in [5, 5.41) is 2.55. The Hall–Kier alpha value is -2.23. The third-order valence-electron chi connectivity index (χ3n) is 5.01. The zero-order chi connectivity index (χ0) is 20.5. The predicted octanol–water partition coefficient (Wildman–Crippen LogP) is 5.65. The topological polar surface area (TPSA) is 22.3 Å². The second kappa shape index (κ2) is 10.5. The molecule has 0 aliphatic carbocycles. The highest BCUT2D eigenvalue weighted by atomic mass is 16.5. The van der Waals surface area contributed by atoms with Crippen LogP contribution < -0.4 is 4.57 Å². The number of hydrogen-bond acceptors (Lipinski definition) is 2. The molecule has 3 rings (SSSR count). The largest absolute Gasteiger partial charge is 0.379 e. The molecule has 29 heavy (non-hydrogen) atoms. The molecule has 1 heterocycles. The second-order valence-corrected chi connectivity index (χ2v) is 8.78. The van der Waals surface area contributed by atoms with E-state index in [1.54, 1.807) is 0 Å². The first-order valence-electron chi connectivity index (χ1n) is 10.7. The molecule has 0 N–H and O–H groups in total. The minimum Gasteiger partial charge on any atom is -0.379 e. The molecule has 0 spiro atoms. The standard InChI is InChI=1S/C26H34NO2/c1-26(2,3)13-17-29-19-18-28-16-7-15-27-14-6-10-25(21-27)24-12-11-22-8-4-5-9-23(22)20-24/h4-6,8-12,14,20-21H,7,13,15-19H2,1-3H3/q+1. The molecule has 2 aromatic carbocycles. The van der Waals surface area contributed by atoms with Crippen molar-refractivity contribution < 1.29 is 14.0 Å². The zero-order valence-electron chi connectivity index (χ0n) is 18.1. The van der Waals surface area contributed by atoms with Crippen LogP contribution in [0.25, 0.3) is 21.9 Å². The van der Waals surface area contributed by atoms with Crippen LogP contribution in [0.1, 0.15) is 33.6 Å². The summed E-state index contributed by atoms with van der Waals surface area (Å²) in [6.07, 6.45) is 6.42. The van der Waals surface area contributed by atoms with Crippen molar-refractivity contribution in [3.05, 3.63) is 67.0 Å². The maximum absolute atomic E-state index is 5.71. The Labute approximate surface area is 175 Å². The van der Waals surface area contributed by atoms with E-state index in [4.69, 9.17) is 9.47 Å². The summed E-state index contributed by atoms with van der Waals surface area (Å²) in [5.74, 6) is 0. The summed E-state index contributed by atoms with van der Waals surface area (Å²) in [6, 6.07) is 19.4. The van der Waals surface area contributed by atoms with Crippen LogP contribution >= 0.6 is 0 Å². The van der Waals surface area contributed by atoms with Gasteiger partial charge in [-0.1, -0.05) is 57.2 Å². The van der Waals surface area contributed by atoms with E-state index in [-0.39, 0.29) is 0 Å². The number of pyridine rings is 1. The van der Waals surface area contributed by atoms with Crippen molar-refractivity contribution in [2.75, 3.05) is 26.4 Å². The maximum atomic E-state index is 5.71. The molecule has 0 radical (unpaired) electrons. The third kappa shape index (κ3) is 7.26.